The van der Waals surface area contributed by atoms with Crippen molar-refractivity contribution < 1.29 is 4.74 Å². The van der Waals surface area contributed by atoms with Crippen molar-refractivity contribution in [3.8, 4) is 6.01 Å². The fourth-order valence-electron chi connectivity index (χ4n) is 2.37. The topological polar surface area (TPSA) is 47.0 Å². The van der Waals surface area contributed by atoms with Gasteiger partial charge in [-0.3, -0.25) is 0 Å². The Morgan fingerprint density at radius 1 is 1.25 bits per heavy atom. The van der Waals surface area contributed by atoms with Gasteiger partial charge in [0.2, 0.25) is 0 Å². The molecule has 1 aromatic rings. The van der Waals surface area contributed by atoms with Crippen molar-refractivity contribution in [2.45, 2.75) is 12.5 Å². The van der Waals surface area contributed by atoms with E-state index in [1.54, 1.807) is 12.4 Å². The molecule has 1 N–H and O–H groups in total. The molecule has 1 saturated heterocycles. The van der Waals surface area contributed by atoms with Crippen LogP contribution in [0.15, 0.2) is 16.9 Å². The van der Waals surface area contributed by atoms with E-state index in [4.69, 9.17) is 4.74 Å². The molecule has 2 heterocycles. The van der Waals surface area contributed by atoms with E-state index in [0.29, 0.717) is 24.0 Å². The van der Waals surface area contributed by atoms with Crippen LogP contribution in [0, 0.1) is 11.8 Å². The number of piperidine rings is 2. The molecule has 1 aliphatic carbocycles. The summed E-state index contributed by atoms with van der Waals surface area (Å²) in [6.07, 6.45) is 5.05. The van der Waals surface area contributed by atoms with Gasteiger partial charge in [-0.15, -0.1) is 12.4 Å². The molecule has 1 unspecified atom stereocenters. The predicted octanol–water partition coefficient (Wildman–Crippen LogP) is 1.65. The van der Waals surface area contributed by atoms with Gasteiger partial charge in [-0.25, -0.2) is 9.97 Å². The molecule has 0 spiro atoms. The van der Waals surface area contributed by atoms with Crippen molar-refractivity contribution in [3.05, 3.63) is 16.9 Å². The second-order valence-corrected chi connectivity index (χ2v) is 5.10. The van der Waals surface area contributed by atoms with Gasteiger partial charge in [0, 0.05) is 37.3 Å². The normalized spacial score (nSPS) is 31.2. The summed E-state index contributed by atoms with van der Waals surface area (Å²) in [6.45, 7) is 2.13. The summed E-state index contributed by atoms with van der Waals surface area (Å²) in [6, 6.07) is 0.500. The molecule has 2 fully saturated rings. The minimum Gasteiger partial charge on any atom is -0.459 e. The van der Waals surface area contributed by atoms with E-state index in [0.717, 1.165) is 17.6 Å². The first-order chi connectivity index (χ1) is 7.33. The molecule has 0 amide bonds. The maximum absolute atomic E-state index is 5.79. The Balaban J connectivity index is 0.000000963. The monoisotopic (exact) mass is 305 g/mol. The summed E-state index contributed by atoms with van der Waals surface area (Å²) in [4.78, 5) is 8.25. The van der Waals surface area contributed by atoms with Crippen LogP contribution in [-0.2, 0) is 0 Å². The highest BCUT2D eigenvalue weighted by Crippen LogP contribution is 2.38. The average Bonchev–Trinajstić information content (AvgIpc) is 2.29. The Labute approximate surface area is 109 Å². The zero-order valence-electron chi connectivity index (χ0n) is 8.60. The maximum Gasteiger partial charge on any atom is 0.316 e. The first-order valence-electron chi connectivity index (χ1n) is 5.18. The molecule has 0 radical (unpaired) electrons. The smallest absolute Gasteiger partial charge is 0.316 e. The molecule has 3 rings (SSSR count). The molecule has 88 valence electrons. The number of hydrogen-bond donors (Lipinski definition) is 1. The third kappa shape index (κ3) is 2.17. The number of halogens is 2. The average molecular weight is 307 g/mol. The van der Waals surface area contributed by atoms with Gasteiger partial charge in [0.15, 0.2) is 0 Å². The van der Waals surface area contributed by atoms with Crippen LogP contribution >= 0.6 is 28.3 Å². The maximum atomic E-state index is 5.79. The fraction of sp³-hybridized carbons (Fsp3) is 0.600. The summed E-state index contributed by atoms with van der Waals surface area (Å²) in [5.41, 5.74) is 0. The SMILES string of the molecule is Brc1cnc(OC2[C@@H]3CNC[C@H]2C3)nc1.Cl. The van der Waals surface area contributed by atoms with E-state index in [-0.39, 0.29) is 12.4 Å². The highest BCUT2D eigenvalue weighted by atomic mass is 79.9. The van der Waals surface area contributed by atoms with Crippen LogP contribution in [0.1, 0.15) is 6.42 Å². The Bertz CT molecular complexity index is 348. The third-order valence-electron chi connectivity index (χ3n) is 3.19. The van der Waals surface area contributed by atoms with Gasteiger partial charge in [0.1, 0.15) is 6.10 Å². The van der Waals surface area contributed by atoms with E-state index in [9.17, 15) is 0 Å². The van der Waals surface area contributed by atoms with Crippen LogP contribution in [0.25, 0.3) is 0 Å². The Morgan fingerprint density at radius 3 is 2.44 bits per heavy atom. The minimum absolute atomic E-state index is 0. The summed E-state index contributed by atoms with van der Waals surface area (Å²) in [5.74, 6) is 1.30. The van der Waals surface area contributed by atoms with Gasteiger partial charge in [0.05, 0.1) is 4.47 Å². The third-order valence-corrected chi connectivity index (χ3v) is 3.60. The van der Waals surface area contributed by atoms with Crippen molar-refractivity contribution in [1.29, 1.82) is 0 Å². The highest BCUT2D eigenvalue weighted by Gasteiger charge is 2.45. The molecule has 6 heteroatoms. The Morgan fingerprint density at radius 2 is 1.88 bits per heavy atom. The van der Waals surface area contributed by atoms with Crippen molar-refractivity contribution in [3.63, 3.8) is 0 Å². The number of fused-ring (bicyclic) bond motifs is 2. The summed E-state index contributed by atoms with van der Waals surface area (Å²) in [5, 5.41) is 3.38. The van der Waals surface area contributed by atoms with Gasteiger partial charge in [0.25, 0.3) is 0 Å². The number of hydrogen-bond acceptors (Lipinski definition) is 4. The summed E-state index contributed by atoms with van der Waals surface area (Å²) in [7, 11) is 0. The second-order valence-electron chi connectivity index (χ2n) is 4.18. The number of rotatable bonds is 2. The van der Waals surface area contributed by atoms with Crippen molar-refractivity contribution in [1.82, 2.24) is 15.3 Å². The van der Waals surface area contributed by atoms with Crippen LogP contribution < -0.4 is 10.1 Å². The Kier molecular flexibility index (Phi) is 3.66. The lowest BCUT2D eigenvalue weighted by atomic mass is 9.69. The number of ether oxygens (including phenoxy) is 1. The zero-order chi connectivity index (χ0) is 10.3. The molecule has 0 aromatic carbocycles. The first kappa shape index (κ1) is 12.1. The lowest BCUT2D eigenvalue weighted by molar-refractivity contribution is -0.0496. The number of aromatic nitrogens is 2. The minimum atomic E-state index is 0. The lowest BCUT2D eigenvalue weighted by Crippen LogP contribution is -2.59. The molecule has 1 aromatic heterocycles. The van der Waals surface area contributed by atoms with Gasteiger partial charge in [-0.05, 0) is 22.4 Å². The molecule has 16 heavy (non-hydrogen) atoms. The van der Waals surface area contributed by atoms with E-state index in [1.807, 2.05) is 0 Å². The van der Waals surface area contributed by atoms with Gasteiger partial charge in [-0.1, -0.05) is 0 Å². The first-order valence-corrected chi connectivity index (χ1v) is 5.97. The van der Waals surface area contributed by atoms with E-state index in [2.05, 4.69) is 31.2 Å². The second kappa shape index (κ2) is 4.85. The Hall–Kier alpha value is -0.390. The van der Waals surface area contributed by atoms with E-state index in [1.165, 1.54) is 6.42 Å². The van der Waals surface area contributed by atoms with E-state index >= 15 is 0 Å². The van der Waals surface area contributed by atoms with Crippen LogP contribution in [0.2, 0.25) is 0 Å². The molecule has 2 aliphatic rings. The number of nitrogens with zero attached hydrogens (tertiary/aromatic N) is 2. The van der Waals surface area contributed by atoms with Crippen molar-refractivity contribution >= 4 is 28.3 Å². The predicted molar refractivity (Wildman–Crippen MR) is 65.9 cm³/mol. The molecule has 4 nitrogen and oxygen atoms in total. The van der Waals surface area contributed by atoms with Gasteiger partial charge < -0.3 is 10.1 Å². The highest BCUT2D eigenvalue weighted by molar-refractivity contribution is 9.10. The van der Waals surface area contributed by atoms with E-state index < -0.39 is 0 Å². The standard InChI is InChI=1S/C10H12BrN3O.ClH/c11-8-4-13-10(14-5-8)15-9-6-1-7(9)3-12-2-6;/h4-7,9,12H,1-3H2;1H/t6-,7+,9?;. The molecular formula is C10H13BrClN3O. The molecule has 3 atom stereocenters. The van der Waals surface area contributed by atoms with Gasteiger partial charge in [-0.2, -0.15) is 0 Å². The van der Waals surface area contributed by atoms with Crippen LogP contribution in [0.4, 0.5) is 0 Å². The van der Waals surface area contributed by atoms with Crippen molar-refractivity contribution in [2.24, 2.45) is 11.8 Å². The quantitative estimate of drug-likeness (QED) is 0.902. The van der Waals surface area contributed by atoms with Crippen molar-refractivity contribution in [2.75, 3.05) is 13.1 Å². The van der Waals surface area contributed by atoms with Crippen LogP contribution in [-0.4, -0.2) is 29.2 Å². The molecular weight excluding hydrogens is 293 g/mol. The zero-order valence-corrected chi connectivity index (χ0v) is 11.0. The largest absolute Gasteiger partial charge is 0.459 e. The fourth-order valence-corrected chi connectivity index (χ4v) is 2.58. The number of nitrogens with one attached hydrogen (secondary N) is 1. The van der Waals surface area contributed by atoms with Crippen LogP contribution in [0.3, 0.4) is 0 Å². The molecule has 1 saturated carbocycles. The summed E-state index contributed by atoms with van der Waals surface area (Å²) < 4.78 is 6.67. The lowest BCUT2D eigenvalue weighted by Gasteiger charge is -2.48. The van der Waals surface area contributed by atoms with Crippen LogP contribution in [0.5, 0.6) is 6.01 Å². The molecule has 1 aliphatic heterocycles. The molecule has 2 bridgehead atoms. The van der Waals surface area contributed by atoms with Gasteiger partial charge >= 0.3 is 6.01 Å². The summed E-state index contributed by atoms with van der Waals surface area (Å²) >= 11 is 3.30.